The lowest BCUT2D eigenvalue weighted by Gasteiger charge is -2.08. The molecule has 1 aromatic rings. The lowest BCUT2D eigenvalue weighted by atomic mass is 10.1. The molecule has 0 fully saturated rings. The van der Waals surface area contributed by atoms with Gasteiger partial charge < -0.3 is 11.1 Å². The van der Waals surface area contributed by atoms with E-state index in [1.807, 2.05) is 0 Å². The summed E-state index contributed by atoms with van der Waals surface area (Å²) in [6.07, 6.45) is -4.45. The van der Waals surface area contributed by atoms with Gasteiger partial charge in [0.25, 0.3) is 5.91 Å². The Morgan fingerprint density at radius 1 is 1.40 bits per heavy atom. The molecule has 15 heavy (non-hydrogen) atoms. The molecule has 0 radical (unpaired) electrons. The van der Waals surface area contributed by atoms with Gasteiger partial charge in [-0.05, 0) is 18.2 Å². The molecule has 3 N–H and O–H groups in total. The van der Waals surface area contributed by atoms with Crippen LogP contribution < -0.4 is 11.1 Å². The fourth-order valence-corrected chi connectivity index (χ4v) is 1.03. The molecule has 82 valence electrons. The number of nitrogens with one attached hydrogen (secondary N) is 1. The standard InChI is InChI=1S/C9H9F3N2O/c10-9(11,12)7-3-1-2-6(4-7)8(15)14-5-13/h1-4H,5,13H2,(H,14,15). The van der Waals surface area contributed by atoms with Gasteiger partial charge in [-0.25, -0.2) is 0 Å². The minimum atomic E-state index is -4.45. The Morgan fingerprint density at radius 3 is 2.60 bits per heavy atom. The second-order valence-electron chi connectivity index (χ2n) is 2.79. The van der Waals surface area contributed by atoms with E-state index in [2.05, 4.69) is 5.32 Å². The Bertz CT molecular complexity index is 363. The normalized spacial score (nSPS) is 11.2. The van der Waals surface area contributed by atoms with Gasteiger partial charge in [-0.15, -0.1) is 0 Å². The molecule has 0 saturated heterocycles. The Morgan fingerprint density at radius 2 is 2.07 bits per heavy atom. The van der Waals surface area contributed by atoms with Crippen LogP contribution in [-0.2, 0) is 6.18 Å². The number of benzene rings is 1. The number of amides is 1. The summed E-state index contributed by atoms with van der Waals surface area (Å²) in [5, 5.41) is 2.21. The molecule has 0 aliphatic heterocycles. The molecule has 0 spiro atoms. The first-order valence-corrected chi connectivity index (χ1v) is 4.10. The van der Waals surface area contributed by atoms with E-state index in [1.165, 1.54) is 12.1 Å². The fraction of sp³-hybridized carbons (Fsp3) is 0.222. The van der Waals surface area contributed by atoms with Gasteiger partial charge in [-0.2, -0.15) is 13.2 Å². The average molecular weight is 218 g/mol. The highest BCUT2D eigenvalue weighted by atomic mass is 19.4. The summed E-state index contributed by atoms with van der Waals surface area (Å²) in [5.41, 5.74) is 4.12. The van der Waals surface area contributed by atoms with Crippen molar-refractivity contribution >= 4 is 5.91 Å². The first-order valence-electron chi connectivity index (χ1n) is 4.10. The predicted octanol–water partition coefficient (Wildman–Crippen LogP) is 1.35. The summed E-state index contributed by atoms with van der Waals surface area (Å²) in [5.74, 6) is -0.622. The van der Waals surface area contributed by atoms with E-state index in [0.717, 1.165) is 12.1 Å². The number of carbonyl (C=O) groups excluding carboxylic acids is 1. The molecule has 0 atom stereocenters. The predicted molar refractivity (Wildman–Crippen MR) is 48.0 cm³/mol. The van der Waals surface area contributed by atoms with Crippen molar-refractivity contribution in [2.45, 2.75) is 6.18 Å². The molecule has 0 heterocycles. The van der Waals surface area contributed by atoms with Crippen LogP contribution in [0.4, 0.5) is 13.2 Å². The van der Waals surface area contributed by atoms with E-state index >= 15 is 0 Å². The zero-order valence-electron chi connectivity index (χ0n) is 7.64. The lowest BCUT2D eigenvalue weighted by Crippen LogP contribution is -2.29. The Labute approximate surface area is 84.1 Å². The average Bonchev–Trinajstić information content (AvgIpc) is 2.17. The molecule has 0 bridgehead atoms. The molecule has 0 unspecified atom stereocenters. The molecular weight excluding hydrogens is 209 g/mol. The SMILES string of the molecule is NCNC(=O)c1cccc(C(F)(F)F)c1. The summed E-state index contributed by atoms with van der Waals surface area (Å²) >= 11 is 0. The summed E-state index contributed by atoms with van der Waals surface area (Å²) < 4.78 is 36.8. The van der Waals surface area contributed by atoms with Crippen LogP contribution in [0.2, 0.25) is 0 Å². The van der Waals surface area contributed by atoms with Crippen LogP contribution in [0.3, 0.4) is 0 Å². The maximum Gasteiger partial charge on any atom is 0.416 e. The van der Waals surface area contributed by atoms with Gasteiger partial charge in [0.15, 0.2) is 0 Å². The second kappa shape index (κ2) is 4.31. The van der Waals surface area contributed by atoms with Crippen LogP contribution in [0.5, 0.6) is 0 Å². The Hall–Kier alpha value is -1.56. The van der Waals surface area contributed by atoms with Crippen molar-refractivity contribution in [1.29, 1.82) is 0 Å². The van der Waals surface area contributed by atoms with Gasteiger partial charge >= 0.3 is 6.18 Å². The van der Waals surface area contributed by atoms with E-state index in [0.29, 0.717) is 0 Å². The van der Waals surface area contributed by atoms with Crippen LogP contribution in [0, 0.1) is 0 Å². The minimum absolute atomic E-state index is 0.0599. The summed E-state index contributed by atoms with van der Waals surface area (Å²) in [4.78, 5) is 11.2. The van der Waals surface area contributed by atoms with Crippen LogP contribution in [0.25, 0.3) is 0 Å². The summed E-state index contributed by atoms with van der Waals surface area (Å²) in [6.45, 7) is -0.116. The number of nitrogens with two attached hydrogens (primary N) is 1. The molecule has 3 nitrogen and oxygen atoms in total. The number of alkyl halides is 3. The van der Waals surface area contributed by atoms with Crippen LogP contribution in [0.1, 0.15) is 15.9 Å². The van der Waals surface area contributed by atoms with Gasteiger partial charge in [0.05, 0.1) is 12.2 Å². The van der Waals surface area contributed by atoms with Crippen molar-refractivity contribution in [1.82, 2.24) is 5.32 Å². The highest BCUT2D eigenvalue weighted by Crippen LogP contribution is 2.29. The van der Waals surface area contributed by atoms with E-state index in [4.69, 9.17) is 5.73 Å². The van der Waals surface area contributed by atoms with Gasteiger partial charge in [-0.1, -0.05) is 6.07 Å². The highest BCUT2D eigenvalue weighted by Gasteiger charge is 2.30. The Kier molecular flexibility index (Phi) is 3.31. The molecular formula is C9H9F3N2O. The molecule has 0 saturated carbocycles. The molecule has 0 aliphatic rings. The molecule has 1 amide bonds. The van der Waals surface area contributed by atoms with Gasteiger partial charge in [0, 0.05) is 5.56 Å². The van der Waals surface area contributed by atoms with Crippen LogP contribution >= 0.6 is 0 Å². The Balaban J connectivity index is 2.98. The fourth-order valence-electron chi connectivity index (χ4n) is 1.03. The van der Waals surface area contributed by atoms with Crippen molar-refractivity contribution in [3.8, 4) is 0 Å². The lowest BCUT2D eigenvalue weighted by molar-refractivity contribution is -0.137. The zero-order valence-corrected chi connectivity index (χ0v) is 7.64. The molecule has 1 aromatic carbocycles. The third kappa shape index (κ3) is 2.95. The largest absolute Gasteiger partial charge is 0.416 e. The van der Waals surface area contributed by atoms with Crippen molar-refractivity contribution in [2.24, 2.45) is 5.73 Å². The van der Waals surface area contributed by atoms with Crippen molar-refractivity contribution in [3.63, 3.8) is 0 Å². The molecule has 6 heteroatoms. The first-order chi connectivity index (χ1) is 6.95. The summed E-state index contributed by atoms with van der Waals surface area (Å²) in [6, 6.07) is 4.15. The van der Waals surface area contributed by atoms with E-state index in [-0.39, 0.29) is 12.2 Å². The number of halogens is 3. The van der Waals surface area contributed by atoms with E-state index in [9.17, 15) is 18.0 Å². The zero-order chi connectivity index (χ0) is 11.5. The van der Waals surface area contributed by atoms with Crippen molar-refractivity contribution < 1.29 is 18.0 Å². The number of rotatable bonds is 2. The monoisotopic (exact) mass is 218 g/mol. The number of hydrogen-bond donors (Lipinski definition) is 2. The third-order valence-electron chi connectivity index (χ3n) is 1.71. The highest BCUT2D eigenvalue weighted by molar-refractivity contribution is 5.94. The van der Waals surface area contributed by atoms with E-state index < -0.39 is 17.6 Å². The van der Waals surface area contributed by atoms with Crippen LogP contribution in [-0.4, -0.2) is 12.6 Å². The maximum absolute atomic E-state index is 12.3. The molecule has 1 rings (SSSR count). The van der Waals surface area contributed by atoms with Gasteiger partial charge in [-0.3, -0.25) is 4.79 Å². The van der Waals surface area contributed by atoms with Crippen LogP contribution in [0.15, 0.2) is 24.3 Å². The minimum Gasteiger partial charge on any atom is -0.340 e. The number of carbonyl (C=O) groups is 1. The van der Waals surface area contributed by atoms with Crippen molar-refractivity contribution in [3.05, 3.63) is 35.4 Å². The van der Waals surface area contributed by atoms with Gasteiger partial charge in [0.1, 0.15) is 0 Å². The third-order valence-corrected chi connectivity index (χ3v) is 1.71. The van der Waals surface area contributed by atoms with Crippen molar-refractivity contribution in [2.75, 3.05) is 6.67 Å². The quantitative estimate of drug-likeness (QED) is 0.736. The van der Waals surface area contributed by atoms with E-state index in [1.54, 1.807) is 0 Å². The summed E-state index contributed by atoms with van der Waals surface area (Å²) in [7, 11) is 0. The molecule has 0 aliphatic carbocycles. The first kappa shape index (κ1) is 11.5. The molecule has 0 aromatic heterocycles. The second-order valence-corrected chi connectivity index (χ2v) is 2.79. The van der Waals surface area contributed by atoms with Gasteiger partial charge in [0.2, 0.25) is 0 Å². The topological polar surface area (TPSA) is 55.1 Å². The maximum atomic E-state index is 12.3. The smallest absolute Gasteiger partial charge is 0.340 e. The number of hydrogen-bond acceptors (Lipinski definition) is 2.